The van der Waals surface area contributed by atoms with Crippen LogP contribution in [-0.2, 0) is 19.1 Å². The maximum atomic E-state index is 12.3. The molecule has 0 spiro atoms. The van der Waals surface area contributed by atoms with Crippen LogP contribution < -0.4 is 0 Å². The van der Waals surface area contributed by atoms with E-state index in [1.807, 2.05) is 18.2 Å². The van der Waals surface area contributed by atoms with E-state index in [-0.39, 0.29) is 38.0 Å². The summed E-state index contributed by atoms with van der Waals surface area (Å²) in [7, 11) is 0. The van der Waals surface area contributed by atoms with E-state index in [1.165, 1.54) is 6.92 Å². The quantitative estimate of drug-likeness (QED) is 0.274. The molecule has 142 valence electrons. The molecule has 0 aliphatic rings. The smallest absolute Gasteiger partial charge is 0.334 e. The first-order valence-corrected chi connectivity index (χ1v) is 8.55. The van der Waals surface area contributed by atoms with Crippen LogP contribution in [0.4, 0.5) is 0 Å². The monoisotopic (exact) mass is 363 g/mol. The van der Waals surface area contributed by atoms with Gasteiger partial charge in [-0.05, 0) is 25.5 Å². The molecule has 0 radical (unpaired) electrons. The molecule has 0 saturated carbocycles. The lowest BCUT2D eigenvalue weighted by molar-refractivity contribution is -0.565. The van der Waals surface area contributed by atoms with E-state index >= 15 is 0 Å². The lowest BCUT2D eigenvalue weighted by Gasteiger charge is -2.21. The van der Waals surface area contributed by atoms with Gasteiger partial charge < -0.3 is 9.47 Å². The summed E-state index contributed by atoms with van der Waals surface area (Å²) in [5, 5.41) is 11.6. The Morgan fingerprint density at radius 1 is 1.15 bits per heavy atom. The summed E-state index contributed by atoms with van der Waals surface area (Å²) >= 11 is 0. The van der Waals surface area contributed by atoms with Crippen LogP contribution in [0, 0.1) is 10.1 Å². The third-order valence-corrected chi connectivity index (χ3v) is 3.86. The normalized spacial score (nSPS) is 13.6. The summed E-state index contributed by atoms with van der Waals surface area (Å²) in [6.07, 6.45) is 1.31. The predicted octanol–water partition coefficient (Wildman–Crippen LogP) is 3.40. The standard InChI is InChI=1S/C19H25NO6/c1-4-25-17(21)11-12-19(3,20(23)24)14-16(18(22)26-5-2)13-15-9-7-6-8-10-15/h6-10,13H,4-5,11-12,14H2,1-3H3/b16-13+. The fourth-order valence-corrected chi connectivity index (χ4v) is 2.42. The molecule has 0 aliphatic heterocycles. The topological polar surface area (TPSA) is 95.7 Å². The van der Waals surface area contributed by atoms with Gasteiger partial charge in [0.25, 0.3) is 0 Å². The average Bonchev–Trinajstić information content (AvgIpc) is 2.60. The molecule has 1 rings (SSSR count). The molecule has 1 unspecified atom stereocenters. The van der Waals surface area contributed by atoms with E-state index in [9.17, 15) is 19.7 Å². The average molecular weight is 363 g/mol. The second-order valence-electron chi connectivity index (χ2n) is 6.04. The molecule has 7 heteroatoms. The highest BCUT2D eigenvalue weighted by atomic mass is 16.6. The summed E-state index contributed by atoms with van der Waals surface area (Å²) in [5.41, 5.74) is -0.548. The molecule has 0 saturated heterocycles. The van der Waals surface area contributed by atoms with Crippen LogP contribution in [0.5, 0.6) is 0 Å². The van der Waals surface area contributed by atoms with Gasteiger partial charge in [-0.3, -0.25) is 14.9 Å². The summed E-state index contributed by atoms with van der Waals surface area (Å²) in [6, 6.07) is 9.04. The Kier molecular flexibility index (Phi) is 8.48. The number of hydrogen-bond donors (Lipinski definition) is 0. The number of carbonyl (C=O) groups is 2. The zero-order valence-corrected chi connectivity index (χ0v) is 15.4. The lowest BCUT2D eigenvalue weighted by atomic mass is 9.88. The highest BCUT2D eigenvalue weighted by Gasteiger charge is 2.40. The van der Waals surface area contributed by atoms with Gasteiger partial charge in [-0.25, -0.2) is 4.79 Å². The van der Waals surface area contributed by atoms with Gasteiger partial charge in [-0.1, -0.05) is 30.3 Å². The molecular weight excluding hydrogens is 338 g/mol. The molecule has 0 heterocycles. The molecule has 0 N–H and O–H groups in total. The van der Waals surface area contributed by atoms with Crippen molar-refractivity contribution in [1.82, 2.24) is 0 Å². The minimum absolute atomic E-state index is 0.0373. The van der Waals surface area contributed by atoms with Crippen LogP contribution in [0.3, 0.4) is 0 Å². The van der Waals surface area contributed by atoms with Gasteiger partial charge in [0.15, 0.2) is 0 Å². The van der Waals surface area contributed by atoms with E-state index in [2.05, 4.69) is 0 Å². The second-order valence-corrected chi connectivity index (χ2v) is 6.04. The van der Waals surface area contributed by atoms with Crippen molar-refractivity contribution in [3.63, 3.8) is 0 Å². The van der Waals surface area contributed by atoms with Gasteiger partial charge in [0, 0.05) is 30.3 Å². The van der Waals surface area contributed by atoms with Crippen LogP contribution in [-0.4, -0.2) is 35.6 Å². The van der Waals surface area contributed by atoms with E-state index < -0.39 is 22.4 Å². The predicted molar refractivity (Wildman–Crippen MR) is 96.9 cm³/mol. The van der Waals surface area contributed by atoms with E-state index in [4.69, 9.17) is 9.47 Å². The van der Waals surface area contributed by atoms with E-state index in [0.717, 1.165) is 5.56 Å². The van der Waals surface area contributed by atoms with Gasteiger partial charge >= 0.3 is 11.9 Å². The third kappa shape index (κ3) is 6.66. The molecule has 1 aromatic carbocycles. The van der Waals surface area contributed by atoms with Gasteiger partial charge in [0.2, 0.25) is 5.54 Å². The fraction of sp³-hybridized carbons (Fsp3) is 0.474. The van der Waals surface area contributed by atoms with E-state index in [0.29, 0.717) is 0 Å². The van der Waals surface area contributed by atoms with Crippen molar-refractivity contribution < 1.29 is 24.0 Å². The lowest BCUT2D eigenvalue weighted by Crippen LogP contribution is -2.37. The van der Waals surface area contributed by atoms with E-state index in [1.54, 1.807) is 32.1 Å². The maximum Gasteiger partial charge on any atom is 0.334 e. The molecule has 0 aliphatic carbocycles. The first kappa shape index (κ1) is 21.3. The Morgan fingerprint density at radius 3 is 2.31 bits per heavy atom. The highest BCUT2D eigenvalue weighted by Crippen LogP contribution is 2.27. The number of carbonyl (C=O) groups excluding carboxylic acids is 2. The van der Waals surface area contributed by atoms with Crippen molar-refractivity contribution in [3.8, 4) is 0 Å². The molecule has 0 bridgehead atoms. The minimum Gasteiger partial charge on any atom is -0.466 e. The highest BCUT2D eigenvalue weighted by molar-refractivity contribution is 5.93. The summed E-state index contributed by atoms with van der Waals surface area (Å²) in [6.45, 7) is 5.15. The first-order valence-electron chi connectivity index (χ1n) is 8.55. The minimum atomic E-state index is -1.49. The molecule has 1 atom stereocenters. The number of esters is 2. The van der Waals surface area contributed by atoms with Crippen LogP contribution in [0.15, 0.2) is 35.9 Å². The third-order valence-electron chi connectivity index (χ3n) is 3.86. The van der Waals surface area contributed by atoms with Crippen molar-refractivity contribution in [3.05, 3.63) is 51.6 Å². The van der Waals surface area contributed by atoms with Crippen LogP contribution in [0.25, 0.3) is 6.08 Å². The number of rotatable bonds is 10. The number of ether oxygens (including phenoxy) is 2. The zero-order valence-electron chi connectivity index (χ0n) is 15.4. The van der Waals surface area contributed by atoms with Crippen LogP contribution in [0.1, 0.15) is 45.6 Å². The maximum absolute atomic E-state index is 12.3. The molecule has 7 nitrogen and oxygen atoms in total. The van der Waals surface area contributed by atoms with Crippen molar-refractivity contribution >= 4 is 18.0 Å². The Bertz CT molecular complexity index is 655. The van der Waals surface area contributed by atoms with Gasteiger partial charge in [0.05, 0.1) is 19.6 Å². The SMILES string of the molecule is CCOC(=O)CCC(C)(C/C(=C\c1ccccc1)C(=O)OCC)[N+](=O)[O-]. The summed E-state index contributed by atoms with van der Waals surface area (Å²) < 4.78 is 9.88. The molecule has 1 aromatic rings. The van der Waals surface area contributed by atoms with Gasteiger partial charge in [-0.2, -0.15) is 0 Å². The largest absolute Gasteiger partial charge is 0.466 e. The van der Waals surface area contributed by atoms with Crippen LogP contribution >= 0.6 is 0 Å². The second kappa shape index (κ2) is 10.3. The molecule has 0 fully saturated rings. The Morgan fingerprint density at radius 2 is 1.77 bits per heavy atom. The number of nitrogens with zero attached hydrogens (tertiary/aromatic N) is 1. The molecule has 0 aromatic heterocycles. The first-order chi connectivity index (χ1) is 12.3. The zero-order chi connectivity index (χ0) is 19.6. The molecular formula is C19H25NO6. The van der Waals surface area contributed by atoms with Crippen molar-refractivity contribution in [1.29, 1.82) is 0 Å². The number of hydrogen-bond acceptors (Lipinski definition) is 6. The summed E-state index contributed by atoms with van der Waals surface area (Å²) in [5.74, 6) is -1.09. The summed E-state index contributed by atoms with van der Waals surface area (Å²) in [4.78, 5) is 35.0. The number of nitro groups is 1. The molecule has 26 heavy (non-hydrogen) atoms. The Labute approximate surface area is 153 Å². The Hall–Kier alpha value is -2.70. The van der Waals surface area contributed by atoms with Crippen LogP contribution in [0.2, 0.25) is 0 Å². The Balaban J connectivity index is 3.07. The van der Waals surface area contributed by atoms with Gasteiger partial charge in [-0.15, -0.1) is 0 Å². The van der Waals surface area contributed by atoms with Crippen molar-refractivity contribution in [2.75, 3.05) is 13.2 Å². The van der Waals surface area contributed by atoms with Crippen molar-refractivity contribution in [2.24, 2.45) is 0 Å². The van der Waals surface area contributed by atoms with Crippen molar-refractivity contribution in [2.45, 2.75) is 45.6 Å². The fourth-order valence-electron chi connectivity index (χ4n) is 2.42. The van der Waals surface area contributed by atoms with Gasteiger partial charge in [0.1, 0.15) is 0 Å². The number of benzene rings is 1. The molecule has 0 amide bonds.